The molecule has 1 aliphatic rings. The third-order valence-corrected chi connectivity index (χ3v) is 11.1. The molecule has 5 heteroatoms. The molecule has 0 spiro atoms. The maximum absolute atomic E-state index is 10.9. The molecule has 0 aromatic heterocycles. The van der Waals surface area contributed by atoms with E-state index in [4.69, 9.17) is 9.53 Å². The van der Waals surface area contributed by atoms with Crippen LogP contribution >= 0.6 is 0 Å². The fraction of sp³-hybridized carbons (Fsp3) is 0.696. The van der Waals surface area contributed by atoms with Crippen molar-refractivity contribution < 1.29 is 14.3 Å². The third kappa shape index (κ3) is 6.63. The van der Waals surface area contributed by atoms with Crippen LogP contribution in [0, 0.1) is 5.92 Å². The highest BCUT2D eigenvalue weighted by atomic mass is 28.4. The van der Waals surface area contributed by atoms with Gasteiger partial charge in [0, 0.05) is 18.2 Å². The number of carboxylic acids is 1. The minimum absolute atomic E-state index is 0.234. The molecule has 0 heterocycles. The van der Waals surface area contributed by atoms with Gasteiger partial charge < -0.3 is 14.8 Å². The summed E-state index contributed by atoms with van der Waals surface area (Å²) in [5.74, 6) is 0.264. The Hall–Kier alpha value is -1.33. The van der Waals surface area contributed by atoms with Crippen molar-refractivity contribution in [1.29, 1.82) is 0 Å². The predicted octanol–water partition coefficient (Wildman–Crippen LogP) is 6.26. The first-order valence-corrected chi connectivity index (χ1v) is 13.6. The Bertz CT molecular complexity index is 628. The minimum Gasteiger partial charge on any atom is -0.481 e. The standard InChI is InChI=1S/C23H39NO3Si/c1-17(16-27-28(5,6)23(2,3)4)24-21-13-11-20(12-14-21)19-9-7-18(8-10-19)15-22(25)26/h11-14,17-19,24H,7-10,15-16H2,1-6H3,(H,25,26)/t17-,18?,19?/m0/s1. The van der Waals surface area contributed by atoms with Gasteiger partial charge in [-0.1, -0.05) is 32.9 Å². The van der Waals surface area contributed by atoms with Crippen LogP contribution in [0.5, 0.6) is 0 Å². The highest BCUT2D eigenvalue weighted by molar-refractivity contribution is 6.74. The first kappa shape index (κ1) is 23.0. The van der Waals surface area contributed by atoms with Gasteiger partial charge in [-0.3, -0.25) is 4.79 Å². The first-order valence-electron chi connectivity index (χ1n) is 10.7. The molecule has 0 aliphatic heterocycles. The van der Waals surface area contributed by atoms with Gasteiger partial charge in [0.05, 0.1) is 6.61 Å². The van der Waals surface area contributed by atoms with Crippen LogP contribution in [-0.4, -0.2) is 32.0 Å². The molecule has 2 rings (SSSR count). The number of anilines is 1. The summed E-state index contributed by atoms with van der Waals surface area (Å²) in [6, 6.07) is 9.06. The maximum atomic E-state index is 10.9. The topological polar surface area (TPSA) is 58.6 Å². The lowest BCUT2D eigenvalue weighted by Gasteiger charge is -2.37. The number of benzene rings is 1. The highest BCUT2D eigenvalue weighted by Gasteiger charge is 2.37. The van der Waals surface area contributed by atoms with Gasteiger partial charge in [0.1, 0.15) is 0 Å². The quantitative estimate of drug-likeness (QED) is 0.501. The lowest BCUT2D eigenvalue weighted by molar-refractivity contribution is -0.138. The van der Waals surface area contributed by atoms with Crippen molar-refractivity contribution in [3.05, 3.63) is 29.8 Å². The van der Waals surface area contributed by atoms with Gasteiger partial charge in [-0.2, -0.15) is 0 Å². The monoisotopic (exact) mass is 405 g/mol. The Morgan fingerprint density at radius 2 is 1.75 bits per heavy atom. The molecule has 158 valence electrons. The molecule has 1 aromatic carbocycles. The van der Waals surface area contributed by atoms with Crippen LogP contribution < -0.4 is 5.32 Å². The third-order valence-electron chi connectivity index (χ3n) is 6.61. The summed E-state index contributed by atoms with van der Waals surface area (Å²) in [5, 5.41) is 12.8. The van der Waals surface area contributed by atoms with E-state index >= 15 is 0 Å². The molecule has 1 fully saturated rings. The summed E-state index contributed by atoms with van der Waals surface area (Å²) in [6.45, 7) is 14.3. The van der Waals surface area contributed by atoms with Gasteiger partial charge in [-0.25, -0.2) is 0 Å². The lowest BCUT2D eigenvalue weighted by atomic mass is 9.77. The van der Waals surface area contributed by atoms with Crippen molar-refractivity contribution in [2.24, 2.45) is 5.92 Å². The summed E-state index contributed by atoms with van der Waals surface area (Å²) in [5.41, 5.74) is 2.51. The average molecular weight is 406 g/mol. The summed E-state index contributed by atoms with van der Waals surface area (Å²) in [4.78, 5) is 10.9. The largest absolute Gasteiger partial charge is 0.481 e. The Morgan fingerprint density at radius 3 is 2.25 bits per heavy atom. The summed E-state index contributed by atoms with van der Waals surface area (Å²) < 4.78 is 6.32. The van der Waals surface area contributed by atoms with E-state index in [9.17, 15) is 4.79 Å². The molecule has 1 aliphatic carbocycles. The molecule has 0 amide bonds. The first-order chi connectivity index (χ1) is 13.0. The van der Waals surface area contributed by atoms with Crippen molar-refractivity contribution in [2.75, 3.05) is 11.9 Å². The fourth-order valence-corrected chi connectivity index (χ4v) is 4.77. The second-order valence-corrected chi connectivity index (χ2v) is 14.9. The normalized spacial score (nSPS) is 21.9. The molecule has 1 aromatic rings. The zero-order chi connectivity index (χ0) is 20.9. The van der Waals surface area contributed by atoms with E-state index < -0.39 is 14.3 Å². The van der Waals surface area contributed by atoms with Gasteiger partial charge in [0.2, 0.25) is 0 Å². The average Bonchev–Trinajstić information content (AvgIpc) is 2.60. The number of aliphatic carboxylic acids is 1. The zero-order valence-electron chi connectivity index (χ0n) is 18.5. The number of nitrogens with one attached hydrogen (secondary N) is 1. The number of carbonyl (C=O) groups is 1. The Kier molecular flexibility index (Phi) is 7.74. The number of rotatable bonds is 8. The van der Waals surface area contributed by atoms with Crippen LogP contribution in [0.15, 0.2) is 24.3 Å². The zero-order valence-corrected chi connectivity index (χ0v) is 19.5. The molecule has 1 saturated carbocycles. The van der Waals surface area contributed by atoms with Crippen molar-refractivity contribution in [2.45, 2.75) is 89.9 Å². The molecule has 2 N–H and O–H groups in total. The molecule has 0 radical (unpaired) electrons. The van der Waals surface area contributed by atoms with Crippen LogP contribution in [0.4, 0.5) is 5.69 Å². The second kappa shape index (κ2) is 9.44. The molecule has 4 nitrogen and oxygen atoms in total. The van der Waals surface area contributed by atoms with Gasteiger partial charge in [0.25, 0.3) is 0 Å². The van der Waals surface area contributed by atoms with E-state index in [1.807, 2.05) is 0 Å². The van der Waals surface area contributed by atoms with Crippen LogP contribution in [0.3, 0.4) is 0 Å². The van der Waals surface area contributed by atoms with Crippen molar-refractivity contribution in [1.82, 2.24) is 0 Å². The number of hydrogen-bond acceptors (Lipinski definition) is 3. The van der Waals surface area contributed by atoms with E-state index in [-0.39, 0.29) is 11.1 Å². The minimum atomic E-state index is -1.71. The molecule has 0 unspecified atom stereocenters. The molecule has 1 atom stereocenters. The Labute approximate surface area is 172 Å². The van der Waals surface area contributed by atoms with E-state index in [0.717, 1.165) is 38.0 Å². The number of hydrogen-bond donors (Lipinski definition) is 2. The summed E-state index contributed by atoms with van der Waals surface area (Å²) >= 11 is 0. The van der Waals surface area contributed by atoms with Crippen LogP contribution in [0.25, 0.3) is 0 Å². The molecular formula is C23H39NO3Si. The smallest absolute Gasteiger partial charge is 0.303 e. The van der Waals surface area contributed by atoms with E-state index in [2.05, 4.69) is 70.4 Å². The summed E-state index contributed by atoms with van der Waals surface area (Å²) in [7, 11) is -1.71. The highest BCUT2D eigenvalue weighted by Crippen LogP contribution is 2.38. The number of carboxylic acid groups (broad SMARTS) is 1. The van der Waals surface area contributed by atoms with Crippen LogP contribution in [-0.2, 0) is 9.22 Å². The van der Waals surface area contributed by atoms with Crippen LogP contribution in [0.1, 0.15) is 71.3 Å². The SMILES string of the molecule is C[C@@H](CO[Si](C)(C)C(C)(C)C)Nc1ccc(C2CCC(CC(=O)O)CC2)cc1. The van der Waals surface area contributed by atoms with Crippen molar-refractivity contribution in [3.8, 4) is 0 Å². The van der Waals surface area contributed by atoms with E-state index in [0.29, 0.717) is 18.3 Å². The lowest BCUT2D eigenvalue weighted by Crippen LogP contribution is -2.43. The predicted molar refractivity (Wildman–Crippen MR) is 120 cm³/mol. The van der Waals surface area contributed by atoms with Crippen molar-refractivity contribution >= 4 is 20.0 Å². The van der Waals surface area contributed by atoms with E-state index in [1.165, 1.54) is 5.56 Å². The van der Waals surface area contributed by atoms with Gasteiger partial charge in [0.15, 0.2) is 8.32 Å². The van der Waals surface area contributed by atoms with E-state index in [1.54, 1.807) is 0 Å². The summed E-state index contributed by atoms with van der Waals surface area (Å²) in [6.07, 6.45) is 4.57. The molecular weight excluding hydrogens is 366 g/mol. The second-order valence-electron chi connectivity index (χ2n) is 10.1. The fourth-order valence-electron chi connectivity index (χ4n) is 3.67. The molecule has 28 heavy (non-hydrogen) atoms. The Balaban J connectivity index is 1.82. The van der Waals surface area contributed by atoms with Gasteiger partial charge >= 0.3 is 5.97 Å². The van der Waals surface area contributed by atoms with Gasteiger partial charge in [-0.15, -0.1) is 0 Å². The van der Waals surface area contributed by atoms with Gasteiger partial charge in [-0.05, 0) is 80.3 Å². The maximum Gasteiger partial charge on any atom is 0.303 e. The molecule has 0 bridgehead atoms. The Morgan fingerprint density at radius 1 is 1.18 bits per heavy atom. The van der Waals surface area contributed by atoms with Crippen molar-refractivity contribution in [3.63, 3.8) is 0 Å². The molecule has 0 saturated heterocycles. The van der Waals surface area contributed by atoms with Crippen LogP contribution in [0.2, 0.25) is 18.1 Å².